The molecule has 2 aliphatic rings. The lowest BCUT2D eigenvalue weighted by molar-refractivity contribution is -0.162. The molecule has 0 aromatic heterocycles. The van der Waals surface area contributed by atoms with Crippen molar-refractivity contribution in [2.45, 2.75) is 149 Å². The summed E-state index contributed by atoms with van der Waals surface area (Å²) in [5.74, 6) is -1.57. The quantitative estimate of drug-likeness (QED) is 0.216. The number of likely N-dealkylation sites (N-methyl/N-ethyl adjacent to an activating group) is 4. The van der Waals surface area contributed by atoms with Crippen molar-refractivity contribution in [2.75, 3.05) is 41.3 Å². The maximum atomic E-state index is 14.5. The molecule has 0 bridgehead atoms. The van der Waals surface area contributed by atoms with Crippen LogP contribution in [0.4, 0.5) is 0 Å². The molecule has 2 rings (SSSR count). The maximum absolute atomic E-state index is 14.5. The van der Waals surface area contributed by atoms with Crippen LogP contribution < -0.4 is 5.32 Å². The zero-order valence-electron chi connectivity index (χ0n) is 33.2. The lowest BCUT2D eigenvalue weighted by Crippen LogP contribution is -2.65. The van der Waals surface area contributed by atoms with Crippen molar-refractivity contribution in [1.82, 2.24) is 29.8 Å². The molecule has 8 atom stereocenters. The van der Waals surface area contributed by atoms with Gasteiger partial charge >= 0.3 is 0 Å². The molecule has 2 heterocycles. The number of hydrogen-bond donors (Lipinski definition) is 1. The molecule has 0 spiro atoms. The summed E-state index contributed by atoms with van der Waals surface area (Å²) < 4.78 is 0. The normalized spacial score (nSPS) is 23.7. The minimum absolute atomic E-state index is 0.00336. The highest BCUT2D eigenvalue weighted by Crippen LogP contribution is 2.30. The Hall–Kier alpha value is -3.02. The molecule has 1 N–H and O–H groups in total. The Morgan fingerprint density at radius 3 is 1.76 bits per heavy atom. The Morgan fingerprint density at radius 2 is 1.30 bits per heavy atom. The number of amides is 5. The van der Waals surface area contributed by atoms with Gasteiger partial charge in [-0.05, 0) is 63.8 Å². The Balaban J connectivity index is 2.35. The number of carbonyl (C=O) groups excluding carboxylic acids is 6. The van der Waals surface area contributed by atoms with Crippen LogP contribution in [0.25, 0.3) is 0 Å². The van der Waals surface area contributed by atoms with Gasteiger partial charge in [-0.25, -0.2) is 0 Å². The number of nitrogens with zero attached hydrogens (tertiary/aromatic N) is 5. The average Bonchev–Trinajstić information content (AvgIpc) is 3.06. The first-order valence-electron chi connectivity index (χ1n) is 19.1. The minimum atomic E-state index is -0.843. The van der Waals surface area contributed by atoms with Gasteiger partial charge in [-0.1, -0.05) is 74.1 Å². The highest BCUT2D eigenvalue weighted by Gasteiger charge is 2.47. The average molecular weight is 705 g/mol. The predicted octanol–water partition coefficient (Wildman–Crippen LogP) is 3.56. The predicted molar refractivity (Wildman–Crippen MR) is 196 cm³/mol. The Kier molecular flexibility index (Phi) is 16.9. The molecular formula is C38H68N6O6. The van der Waals surface area contributed by atoms with Gasteiger partial charge < -0.3 is 29.8 Å². The highest BCUT2D eigenvalue weighted by atomic mass is 16.2. The second kappa shape index (κ2) is 19.6. The van der Waals surface area contributed by atoms with Gasteiger partial charge in [0.05, 0.1) is 12.1 Å². The lowest BCUT2D eigenvalue weighted by atomic mass is 9.88. The summed E-state index contributed by atoms with van der Waals surface area (Å²) >= 11 is 0. The van der Waals surface area contributed by atoms with E-state index in [2.05, 4.69) is 12.2 Å². The van der Waals surface area contributed by atoms with Gasteiger partial charge in [-0.15, -0.1) is 0 Å². The van der Waals surface area contributed by atoms with E-state index in [1.807, 2.05) is 41.5 Å². The fraction of sp³-hybridized carbons (Fsp3) is 0.842. The molecule has 50 heavy (non-hydrogen) atoms. The number of nitrogens with one attached hydrogen (secondary N) is 1. The van der Waals surface area contributed by atoms with Crippen molar-refractivity contribution in [3.63, 3.8) is 0 Å². The van der Waals surface area contributed by atoms with Gasteiger partial charge in [-0.2, -0.15) is 0 Å². The van der Waals surface area contributed by atoms with E-state index in [0.717, 1.165) is 25.7 Å². The third-order valence-electron chi connectivity index (χ3n) is 11.0. The lowest BCUT2D eigenvalue weighted by Gasteiger charge is -2.47. The van der Waals surface area contributed by atoms with Crippen LogP contribution in [-0.4, -0.2) is 137 Å². The Bertz CT molecular complexity index is 1190. The van der Waals surface area contributed by atoms with Crippen molar-refractivity contribution >= 4 is 35.3 Å². The van der Waals surface area contributed by atoms with Crippen LogP contribution in [0.1, 0.15) is 113 Å². The van der Waals surface area contributed by atoms with E-state index in [9.17, 15) is 28.8 Å². The molecule has 0 aliphatic carbocycles. The molecule has 8 unspecified atom stereocenters. The molecule has 12 nitrogen and oxygen atoms in total. The van der Waals surface area contributed by atoms with Crippen molar-refractivity contribution < 1.29 is 28.8 Å². The fourth-order valence-electron chi connectivity index (χ4n) is 7.91. The number of carbonyl (C=O) groups is 6. The van der Waals surface area contributed by atoms with Crippen molar-refractivity contribution in [1.29, 1.82) is 0 Å². The summed E-state index contributed by atoms with van der Waals surface area (Å²) in [4.78, 5) is 90.4. The summed E-state index contributed by atoms with van der Waals surface area (Å²) in [5, 5.41) is 3.01. The van der Waals surface area contributed by atoms with Crippen LogP contribution in [0, 0.1) is 17.8 Å². The molecular weight excluding hydrogens is 636 g/mol. The number of rotatable bonds is 18. The molecule has 0 saturated carbocycles. The Labute approximate surface area is 302 Å². The first-order chi connectivity index (χ1) is 23.5. The van der Waals surface area contributed by atoms with Gasteiger partial charge in [0, 0.05) is 34.2 Å². The van der Waals surface area contributed by atoms with Gasteiger partial charge in [0.1, 0.15) is 24.2 Å². The fourth-order valence-corrected chi connectivity index (χ4v) is 7.91. The largest absolute Gasteiger partial charge is 0.332 e. The summed E-state index contributed by atoms with van der Waals surface area (Å²) in [5.41, 5.74) is 0. The van der Waals surface area contributed by atoms with Crippen LogP contribution in [0.15, 0.2) is 0 Å². The zero-order valence-corrected chi connectivity index (χ0v) is 33.2. The van der Waals surface area contributed by atoms with Crippen LogP contribution >= 0.6 is 0 Å². The molecule has 2 fully saturated rings. The van der Waals surface area contributed by atoms with Gasteiger partial charge in [0.25, 0.3) is 0 Å². The van der Waals surface area contributed by atoms with Crippen LogP contribution in [0.3, 0.4) is 0 Å². The molecule has 286 valence electrons. The number of hydrogen-bond acceptors (Lipinski definition) is 7. The SMILES string of the molecule is CCCCCCC(C(C)=O)N1CC(C)CC(N(C)C(=O)C(C(C)C)N2CC(C)CC(N(C)C(=O)C(CC)N(C)C(=O)C(CC)NC)C2=O)C1=O. The minimum Gasteiger partial charge on any atom is -0.332 e. The van der Waals surface area contributed by atoms with Crippen LogP contribution in [0.5, 0.6) is 0 Å². The zero-order chi connectivity index (χ0) is 38.0. The van der Waals surface area contributed by atoms with E-state index in [4.69, 9.17) is 0 Å². The first-order valence-corrected chi connectivity index (χ1v) is 19.1. The molecule has 0 aromatic rings. The second-order valence-electron chi connectivity index (χ2n) is 15.4. The molecule has 2 saturated heterocycles. The summed E-state index contributed by atoms with van der Waals surface area (Å²) in [6, 6.07) is -4.06. The van der Waals surface area contributed by atoms with Crippen molar-refractivity contribution in [3.8, 4) is 0 Å². The molecule has 0 radical (unpaired) electrons. The standard InChI is InChI=1S/C38H68N6O6/c1-13-16-17-18-19-30(27(8)45)43-22-25(6)20-31(36(43)48)42(12)38(50)33(24(4)5)44-23-26(7)21-32(37(44)49)41(11)35(47)29(15-3)40(10)34(46)28(14-2)39-9/h24-26,28-33,39H,13-23H2,1-12H3. The summed E-state index contributed by atoms with van der Waals surface area (Å²) in [6.07, 6.45) is 6.51. The smallest absolute Gasteiger partial charge is 0.246 e. The van der Waals surface area contributed by atoms with Crippen LogP contribution in [-0.2, 0) is 28.8 Å². The monoisotopic (exact) mass is 705 g/mol. The molecule has 0 aromatic carbocycles. The number of likely N-dealkylation sites (tertiary alicyclic amines) is 2. The van der Waals surface area contributed by atoms with E-state index >= 15 is 0 Å². The first kappa shape index (κ1) is 43.1. The van der Waals surface area contributed by atoms with Gasteiger partial charge in [0.15, 0.2) is 5.78 Å². The van der Waals surface area contributed by atoms with Gasteiger partial charge in [0.2, 0.25) is 29.5 Å². The van der Waals surface area contributed by atoms with E-state index < -0.39 is 36.3 Å². The summed E-state index contributed by atoms with van der Waals surface area (Å²) in [6.45, 7) is 16.1. The van der Waals surface area contributed by atoms with E-state index in [-0.39, 0.29) is 53.1 Å². The van der Waals surface area contributed by atoms with Crippen LogP contribution in [0.2, 0.25) is 0 Å². The number of unbranched alkanes of at least 4 members (excludes halogenated alkanes) is 3. The van der Waals surface area contributed by atoms with Crippen molar-refractivity contribution in [2.24, 2.45) is 17.8 Å². The maximum Gasteiger partial charge on any atom is 0.246 e. The molecule has 12 heteroatoms. The second-order valence-corrected chi connectivity index (χ2v) is 15.4. The van der Waals surface area contributed by atoms with E-state index in [1.165, 1.54) is 14.7 Å². The number of Topliss-reactive ketones (excluding diaryl/α,β-unsaturated/α-hetero) is 1. The van der Waals surface area contributed by atoms with E-state index in [1.54, 1.807) is 44.9 Å². The molecule has 5 amide bonds. The Morgan fingerprint density at radius 1 is 0.780 bits per heavy atom. The number of piperidine rings is 2. The van der Waals surface area contributed by atoms with Crippen molar-refractivity contribution in [3.05, 3.63) is 0 Å². The number of ketones is 1. The van der Waals surface area contributed by atoms with E-state index in [0.29, 0.717) is 45.2 Å². The summed E-state index contributed by atoms with van der Waals surface area (Å²) in [7, 11) is 6.59. The van der Waals surface area contributed by atoms with Gasteiger partial charge in [-0.3, -0.25) is 28.8 Å². The third kappa shape index (κ3) is 10.1. The third-order valence-corrected chi connectivity index (χ3v) is 11.0. The highest BCUT2D eigenvalue weighted by molar-refractivity contribution is 5.97. The molecule has 2 aliphatic heterocycles. The topological polar surface area (TPSA) is 131 Å².